The highest BCUT2D eigenvalue weighted by Gasteiger charge is 2.18. The van der Waals surface area contributed by atoms with Gasteiger partial charge < -0.3 is 10.4 Å². The first-order valence-electron chi connectivity index (χ1n) is 2.98. The highest BCUT2D eigenvalue weighted by molar-refractivity contribution is 6.01. The van der Waals surface area contributed by atoms with Crippen LogP contribution in [-0.2, 0) is 9.59 Å². The number of hydrogen-bond donors (Lipinski definition) is 2. The molecule has 0 spiro atoms. The Morgan fingerprint density at radius 3 is 2.40 bits per heavy atom. The quantitative estimate of drug-likeness (QED) is 0.497. The maximum Gasteiger partial charge on any atom is 0.230 e. The molecule has 0 aliphatic heterocycles. The summed E-state index contributed by atoms with van der Waals surface area (Å²) < 4.78 is 0. The van der Waals surface area contributed by atoms with Gasteiger partial charge in [0.15, 0.2) is 5.78 Å². The lowest BCUT2D eigenvalue weighted by atomic mass is 10.1. The smallest absolute Gasteiger partial charge is 0.230 e. The van der Waals surface area contributed by atoms with Crippen LogP contribution in [0.1, 0.15) is 6.92 Å². The molecule has 0 fully saturated rings. The zero-order valence-electron chi connectivity index (χ0n) is 6.05. The fourth-order valence-corrected chi connectivity index (χ4v) is 0.500. The van der Waals surface area contributed by atoms with Gasteiger partial charge in [0.2, 0.25) is 5.91 Å². The number of ketones is 1. The minimum Gasteiger partial charge on any atom is -0.389 e. The zero-order valence-corrected chi connectivity index (χ0v) is 6.05. The van der Waals surface area contributed by atoms with Crippen LogP contribution in [0.25, 0.3) is 0 Å². The number of rotatable bonds is 3. The number of aliphatic hydroxyl groups is 1. The summed E-state index contributed by atoms with van der Waals surface area (Å²) in [5, 5.41) is 10.6. The van der Waals surface area contributed by atoms with Crippen LogP contribution in [0.4, 0.5) is 0 Å². The SMILES string of the molecule is CNC(=O)C(C)C(=O)CO. The topological polar surface area (TPSA) is 66.4 Å². The molecule has 1 amide bonds. The van der Waals surface area contributed by atoms with E-state index in [1.54, 1.807) is 0 Å². The Bertz CT molecular complexity index is 128. The third-order valence-electron chi connectivity index (χ3n) is 1.28. The molecule has 58 valence electrons. The summed E-state index contributed by atoms with van der Waals surface area (Å²) >= 11 is 0. The molecule has 0 aliphatic carbocycles. The summed E-state index contributed by atoms with van der Waals surface area (Å²) in [4.78, 5) is 21.3. The molecular weight excluding hydrogens is 134 g/mol. The lowest BCUT2D eigenvalue weighted by Gasteiger charge is -2.04. The summed E-state index contributed by atoms with van der Waals surface area (Å²) in [7, 11) is 1.45. The Hall–Kier alpha value is -0.900. The summed E-state index contributed by atoms with van der Waals surface area (Å²) in [6.07, 6.45) is 0. The van der Waals surface area contributed by atoms with Gasteiger partial charge >= 0.3 is 0 Å². The van der Waals surface area contributed by atoms with Crippen molar-refractivity contribution >= 4 is 11.7 Å². The van der Waals surface area contributed by atoms with Crippen LogP contribution in [0.15, 0.2) is 0 Å². The number of hydrogen-bond acceptors (Lipinski definition) is 3. The van der Waals surface area contributed by atoms with E-state index in [4.69, 9.17) is 5.11 Å². The highest BCUT2D eigenvalue weighted by atomic mass is 16.3. The van der Waals surface area contributed by atoms with Crippen LogP contribution in [0.3, 0.4) is 0 Å². The lowest BCUT2D eigenvalue weighted by Crippen LogP contribution is -2.32. The third kappa shape index (κ3) is 2.14. The molecule has 1 atom stereocenters. The van der Waals surface area contributed by atoms with Crippen LogP contribution >= 0.6 is 0 Å². The molecular formula is C6H11NO3. The van der Waals surface area contributed by atoms with E-state index in [1.807, 2.05) is 0 Å². The molecule has 4 heteroatoms. The van der Waals surface area contributed by atoms with Crippen molar-refractivity contribution in [3.05, 3.63) is 0 Å². The molecule has 0 bridgehead atoms. The molecule has 0 saturated carbocycles. The number of nitrogens with one attached hydrogen (secondary N) is 1. The van der Waals surface area contributed by atoms with Gasteiger partial charge in [0.25, 0.3) is 0 Å². The van der Waals surface area contributed by atoms with Gasteiger partial charge in [-0.05, 0) is 6.92 Å². The molecule has 10 heavy (non-hydrogen) atoms. The predicted octanol–water partition coefficient (Wildman–Crippen LogP) is -1.07. The predicted molar refractivity (Wildman–Crippen MR) is 35.3 cm³/mol. The summed E-state index contributed by atoms with van der Waals surface area (Å²) in [6.45, 7) is 0.881. The molecule has 0 aromatic heterocycles. The number of Topliss-reactive ketones (excluding diaryl/α,β-unsaturated/α-hetero) is 1. The standard InChI is InChI=1S/C6H11NO3/c1-4(5(9)3-8)6(10)7-2/h4,8H,3H2,1-2H3,(H,7,10). The second-order valence-corrected chi connectivity index (χ2v) is 1.96. The number of carbonyl (C=O) groups is 2. The first kappa shape index (κ1) is 9.10. The number of amides is 1. The van der Waals surface area contributed by atoms with E-state index >= 15 is 0 Å². The maximum absolute atomic E-state index is 10.7. The summed E-state index contributed by atoms with van der Waals surface area (Å²) in [5.74, 6) is -1.56. The van der Waals surface area contributed by atoms with Crippen molar-refractivity contribution < 1.29 is 14.7 Å². The van der Waals surface area contributed by atoms with Crippen molar-refractivity contribution in [3.8, 4) is 0 Å². The molecule has 1 unspecified atom stereocenters. The van der Waals surface area contributed by atoms with Crippen molar-refractivity contribution in [2.75, 3.05) is 13.7 Å². The Morgan fingerprint density at radius 1 is 1.60 bits per heavy atom. The molecule has 0 saturated heterocycles. The van der Waals surface area contributed by atoms with E-state index in [-0.39, 0.29) is 5.91 Å². The minimum atomic E-state index is -0.741. The lowest BCUT2D eigenvalue weighted by molar-refractivity contribution is -0.134. The molecule has 2 N–H and O–H groups in total. The van der Waals surface area contributed by atoms with Crippen molar-refractivity contribution in [2.45, 2.75) is 6.92 Å². The molecule has 0 aliphatic rings. The second-order valence-electron chi connectivity index (χ2n) is 1.96. The first-order chi connectivity index (χ1) is 4.63. The van der Waals surface area contributed by atoms with Gasteiger partial charge in [-0.3, -0.25) is 9.59 Å². The molecule has 0 rings (SSSR count). The van der Waals surface area contributed by atoms with Crippen molar-refractivity contribution in [2.24, 2.45) is 5.92 Å². The number of carbonyl (C=O) groups excluding carboxylic acids is 2. The van der Waals surface area contributed by atoms with Crippen LogP contribution in [0.2, 0.25) is 0 Å². The zero-order chi connectivity index (χ0) is 8.15. The van der Waals surface area contributed by atoms with Gasteiger partial charge in [-0.15, -0.1) is 0 Å². The first-order valence-corrected chi connectivity index (χ1v) is 2.98. The number of aliphatic hydroxyl groups excluding tert-OH is 1. The normalized spacial score (nSPS) is 12.3. The molecule has 4 nitrogen and oxygen atoms in total. The van der Waals surface area contributed by atoms with Gasteiger partial charge in [0, 0.05) is 7.05 Å². The Morgan fingerprint density at radius 2 is 2.10 bits per heavy atom. The van der Waals surface area contributed by atoms with Crippen molar-refractivity contribution in [3.63, 3.8) is 0 Å². The van der Waals surface area contributed by atoms with Crippen molar-refractivity contribution in [1.82, 2.24) is 5.32 Å². The molecule has 0 heterocycles. The fourth-order valence-electron chi connectivity index (χ4n) is 0.500. The second kappa shape index (κ2) is 4.00. The van der Waals surface area contributed by atoms with Crippen LogP contribution < -0.4 is 5.32 Å². The van der Waals surface area contributed by atoms with Crippen molar-refractivity contribution in [1.29, 1.82) is 0 Å². The largest absolute Gasteiger partial charge is 0.389 e. The van der Waals surface area contributed by atoms with E-state index in [2.05, 4.69) is 5.32 Å². The van der Waals surface area contributed by atoms with E-state index in [9.17, 15) is 9.59 Å². The average Bonchev–Trinajstić information content (AvgIpc) is 2.00. The Balaban J connectivity index is 3.94. The Labute approximate surface area is 59.2 Å². The van der Waals surface area contributed by atoms with E-state index < -0.39 is 18.3 Å². The van der Waals surface area contributed by atoms with Gasteiger partial charge in [-0.25, -0.2) is 0 Å². The van der Waals surface area contributed by atoms with Gasteiger partial charge in [-0.1, -0.05) is 0 Å². The van der Waals surface area contributed by atoms with E-state index in [0.717, 1.165) is 0 Å². The molecule has 0 aromatic rings. The van der Waals surface area contributed by atoms with Crippen LogP contribution in [0, 0.1) is 5.92 Å². The maximum atomic E-state index is 10.7. The van der Waals surface area contributed by atoms with Gasteiger partial charge in [-0.2, -0.15) is 0 Å². The minimum absolute atomic E-state index is 0.362. The third-order valence-corrected chi connectivity index (χ3v) is 1.28. The van der Waals surface area contributed by atoms with Crippen LogP contribution in [-0.4, -0.2) is 30.5 Å². The monoisotopic (exact) mass is 145 g/mol. The van der Waals surface area contributed by atoms with E-state index in [1.165, 1.54) is 14.0 Å². The molecule has 0 radical (unpaired) electrons. The van der Waals surface area contributed by atoms with Gasteiger partial charge in [0.1, 0.15) is 6.61 Å². The summed E-state index contributed by atoms with van der Waals surface area (Å²) in [6, 6.07) is 0. The van der Waals surface area contributed by atoms with Crippen LogP contribution in [0.5, 0.6) is 0 Å². The highest BCUT2D eigenvalue weighted by Crippen LogP contribution is 1.94. The Kier molecular flexibility index (Phi) is 3.64. The van der Waals surface area contributed by atoms with Gasteiger partial charge in [0.05, 0.1) is 5.92 Å². The van der Waals surface area contributed by atoms with E-state index in [0.29, 0.717) is 0 Å². The fraction of sp³-hybridized carbons (Fsp3) is 0.667. The molecule has 0 aromatic carbocycles. The summed E-state index contributed by atoms with van der Waals surface area (Å²) in [5.41, 5.74) is 0. The average molecular weight is 145 g/mol.